The number of carbonyl (C=O) groups excluding carboxylic acids is 2. The number of rotatable bonds is 7. The monoisotopic (exact) mass is 623 g/mol. The fraction of sp³-hybridized carbons (Fsp3) is 0.233. The van der Waals surface area contributed by atoms with Gasteiger partial charge in [-0.25, -0.2) is 14.5 Å². The second-order valence-electron chi connectivity index (χ2n) is 10.3. The Morgan fingerprint density at radius 2 is 1.77 bits per heavy atom. The molecular weight excluding hydrogens is 595 g/mol. The maximum Gasteiger partial charge on any atom is 0.573 e. The molecule has 0 radical (unpaired) electrons. The van der Waals surface area contributed by atoms with Crippen LogP contribution in [0.5, 0.6) is 5.75 Å². The van der Waals surface area contributed by atoms with Crippen LogP contribution in [0.1, 0.15) is 25.3 Å². The molecule has 44 heavy (non-hydrogen) atoms. The van der Waals surface area contributed by atoms with Gasteiger partial charge in [0, 0.05) is 31.0 Å². The minimum Gasteiger partial charge on any atom is -0.406 e. The Kier molecular flexibility index (Phi) is 8.63. The Labute approximate surface area is 255 Å². The third-order valence-electron chi connectivity index (χ3n) is 6.58. The standard InChI is InChI=1S/C30H28F3N7O3S/c1-18(2)24-14-11-22(38(3)4)15-25(24)40-26(41)16-44-29(40)36-28(42)35-20-7-5-19(6-8-20)27-34-17-39(37-27)21-9-12-23(13-10-21)43-30(31,32)33/h5-15,17-18H,16H2,1-4H3,(H,35,42)/b36-29-. The van der Waals surface area contributed by atoms with Gasteiger partial charge in [-0.05, 0) is 72.1 Å². The van der Waals surface area contributed by atoms with E-state index in [1.807, 2.05) is 51.0 Å². The molecule has 0 spiro atoms. The highest BCUT2D eigenvalue weighted by Gasteiger charge is 2.33. The van der Waals surface area contributed by atoms with E-state index in [-0.39, 0.29) is 23.3 Å². The maximum absolute atomic E-state index is 12.9. The van der Waals surface area contributed by atoms with E-state index >= 15 is 0 Å². The van der Waals surface area contributed by atoms with E-state index in [2.05, 4.69) is 25.1 Å². The number of nitrogens with zero attached hydrogens (tertiary/aromatic N) is 6. The van der Waals surface area contributed by atoms with Crippen LogP contribution in [0.3, 0.4) is 0 Å². The molecule has 1 N–H and O–H groups in total. The van der Waals surface area contributed by atoms with Gasteiger partial charge in [0.05, 0.1) is 17.1 Å². The van der Waals surface area contributed by atoms with Gasteiger partial charge in [0.25, 0.3) is 0 Å². The highest BCUT2D eigenvalue weighted by atomic mass is 32.2. The molecule has 1 aliphatic heterocycles. The number of urea groups is 1. The van der Waals surface area contributed by atoms with Gasteiger partial charge in [-0.3, -0.25) is 9.69 Å². The highest BCUT2D eigenvalue weighted by molar-refractivity contribution is 8.15. The van der Waals surface area contributed by atoms with E-state index < -0.39 is 12.4 Å². The smallest absolute Gasteiger partial charge is 0.406 e. The lowest BCUT2D eigenvalue weighted by molar-refractivity contribution is -0.274. The first-order valence-corrected chi connectivity index (χ1v) is 14.4. The summed E-state index contributed by atoms with van der Waals surface area (Å²) in [6.07, 6.45) is -3.34. The van der Waals surface area contributed by atoms with Crippen molar-refractivity contribution >= 4 is 45.9 Å². The van der Waals surface area contributed by atoms with Crippen LogP contribution in [0.2, 0.25) is 0 Å². The highest BCUT2D eigenvalue weighted by Crippen LogP contribution is 2.36. The zero-order valence-corrected chi connectivity index (χ0v) is 25.0. The normalized spacial score (nSPS) is 14.4. The molecule has 228 valence electrons. The number of ether oxygens (including phenoxy) is 1. The van der Waals surface area contributed by atoms with Crippen LogP contribution in [-0.4, -0.2) is 58.1 Å². The Hall–Kier alpha value is -4.85. The summed E-state index contributed by atoms with van der Waals surface area (Å²) in [6, 6.07) is 17.3. The number of hydrogen-bond donors (Lipinski definition) is 1. The molecule has 2 heterocycles. The van der Waals surface area contributed by atoms with Crippen molar-refractivity contribution in [2.24, 2.45) is 4.99 Å². The van der Waals surface area contributed by atoms with E-state index in [1.54, 1.807) is 24.3 Å². The largest absolute Gasteiger partial charge is 0.573 e. The van der Waals surface area contributed by atoms with Crippen LogP contribution in [0, 0.1) is 0 Å². The molecule has 1 fully saturated rings. The van der Waals surface area contributed by atoms with Gasteiger partial charge in [-0.15, -0.1) is 18.3 Å². The summed E-state index contributed by atoms with van der Waals surface area (Å²) < 4.78 is 42.6. The number of aromatic nitrogens is 3. The molecular formula is C30H28F3N7O3S. The lowest BCUT2D eigenvalue weighted by Gasteiger charge is -2.24. The summed E-state index contributed by atoms with van der Waals surface area (Å²) in [5.41, 5.74) is 4.21. The fourth-order valence-electron chi connectivity index (χ4n) is 4.44. The molecule has 0 atom stereocenters. The summed E-state index contributed by atoms with van der Waals surface area (Å²) in [7, 11) is 3.84. The molecule has 3 amide bonds. The van der Waals surface area contributed by atoms with Crippen LogP contribution in [0.15, 0.2) is 78.0 Å². The quantitative estimate of drug-likeness (QED) is 0.245. The second-order valence-corrected chi connectivity index (χ2v) is 11.2. The van der Waals surface area contributed by atoms with E-state index in [9.17, 15) is 22.8 Å². The van der Waals surface area contributed by atoms with Crippen molar-refractivity contribution in [2.75, 3.05) is 35.0 Å². The predicted octanol–water partition coefficient (Wildman–Crippen LogP) is 6.69. The molecule has 0 saturated carbocycles. The van der Waals surface area contributed by atoms with Gasteiger partial charge in [0.1, 0.15) is 12.1 Å². The van der Waals surface area contributed by atoms with Crippen molar-refractivity contribution in [1.82, 2.24) is 14.8 Å². The molecule has 0 bridgehead atoms. The van der Waals surface area contributed by atoms with E-state index in [1.165, 1.54) is 51.9 Å². The van der Waals surface area contributed by atoms with Crippen LogP contribution >= 0.6 is 11.8 Å². The Balaban J connectivity index is 1.29. The number of halogens is 3. The molecule has 4 aromatic rings. The molecule has 10 nitrogen and oxygen atoms in total. The SMILES string of the molecule is CC(C)c1ccc(N(C)C)cc1N1C(=O)CS/C1=N\C(=O)Nc1ccc(-c2ncn(-c3ccc(OC(F)(F)F)cc3)n2)cc1. The summed E-state index contributed by atoms with van der Waals surface area (Å²) in [5.74, 6) is 0.203. The summed E-state index contributed by atoms with van der Waals surface area (Å²) in [6.45, 7) is 4.09. The minimum absolute atomic E-state index is 0.146. The Morgan fingerprint density at radius 1 is 1.07 bits per heavy atom. The zero-order valence-electron chi connectivity index (χ0n) is 24.2. The van der Waals surface area contributed by atoms with Crippen molar-refractivity contribution in [2.45, 2.75) is 26.1 Å². The first-order valence-electron chi connectivity index (χ1n) is 13.4. The van der Waals surface area contributed by atoms with Crippen molar-refractivity contribution in [3.63, 3.8) is 0 Å². The molecule has 1 aromatic heterocycles. The number of thioether (sulfide) groups is 1. The van der Waals surface area contributed by atoms with Crippen molar-refractivity contribution < 1.29 is 27.5 Å². The number of carbonyl (C=O) groups is 2. The molecule has 0 unspecified atom stereocenters. The molecule has 1 aliphatic rings. The van der Waals surface area contributed by atoms with Gasteiger partial charge >= 0.3 is 12.4 Å². The average molecular weight is 624 g/mol. The van der Waals surface area contributed by atoms with Gasteiger partial charge in [-0.1, -0.05) is 31.7 Å². The summed E-state index contributed by atoms with van der Waals surface area (Å²) in [4.78, 5) is 37.8. The molecule has 1 saturated heterocycles. The van der Waals surface area contributed by atoms with Crippen LogP contribution in [0.4, 0.5) is 35.0 Å². The summed E-state index contributed by atoms with van der Waals surface area (Å²) >= 11 is 1.21. The number of anilines is 3. The number of benzene rings is 3. The van der Waals surface area contributed by atoms with E-state index in [0.717, 1.165) is 11.3 Å². The fourth-order valence-corrected chi connectivity index (χ4v) is 5.29. The van der Waals surface area contributed by atoms with Crippen molar-refractivity contribution in [1.29, 1.82) is 0 Å². The van der Waals surface area contributed by atoms with Crippen LogP contribution in [0.25, 0.3) is 17.1 Å². The zero-order chi connectivity index (χ0) is 31.6. The molecule has 14 heteroatoms. The molecule has 0 aliphatic carbocycles. The predicted molar refractivity (Wildman–Crippen MR) is 165 cm³/mol. The van der Waals surface area contributed by atoms with Gasteiger partial charge in [-0.2, -0.15) is 4.99 Å². The summed E-state index contributed by atoms with van der Waals surface area (Å²) in [5, 5.41) is 7.42. The van der Waals surface area contributed by atoms with E-state index in [0.29, 0.717) is 33.6 Å². The van der Waals surface area contributed by atoms with Crippen LogP contribution < -0.4 is 19.9 Å². The van der Waals surface area contributed by atoms with Gasteiger partial charge in [0.2, 0.25) is 5.91 Å². The Bertz CT molecular complexity index is 1700. The number of amidine groups is 1. The van der Waals surface area contributed by atoms with Gasteiger partial charge < -0.3 is 15.0 Å². The first kappa shape index (κ1) is 30.6. The lowest BCUT2D eigenvalue weighted by Crippen LogP contribution is -2.31. The number of hydrogen-bond acceptors (Lipinski definition) is 7. The van der Waals surface area contributed by atoms with E-state index in [4.69, 9.17) is 0 Å². The number of amides is 3. The second kappa shape index (κ2) is 12.4. The third kappa shape index (κ3) is 7.02. The number of nitrogens with one attached hydrogen (secondary N) is 1. The molecule has 5 rings (SSSR count). The maximum atomic E-state index is 12.9. The topological polar surface area (TPSA) is 105 Å². The number of aliphatic imine (C=N–C) groups is 1. The van der Waals surface area contributed by atoms with Crippen molar-refractivity contribution in [3.8, 4) is 22.8 Å². The van der Waals surface area contributed by atoms with Crippen molar-refractivity contribution in [3.05, 3.63) is 78.6 Å². The third-order valence-corrected chi connectivity index (χ3v) is 7.50. The lowest BCUT2D eigenvalue weighted by atomic mass is 9.99. The molecule has 3 aromatic carbocycles. The minimum atomic E-state index is -4.77. The Morgan fingerprint density at radius 3 is 2.41 bits per heavy atom. The first-order chi connectivity index (χ1) is 20.9. The number of alkyl halides is 3. The average Bonchev–Trinajstić information content (AvgIpc) is 3.59. The van der Waals surface area contributed by atoms with Crippen LogP contribution in [-0.2, 0) is 4.79 Å². The van der Waals surface area contributed by atoms with Gasteiger partial charge in [0.15, 0.2) is 11.0 Å².